The molecule has 2 N–H and O–H groups in total. The van der Waals surface area contributed by atoms with Crippen molar-refractivity contribution < 1.29 is 39.0 Å². The van der Waals surface area contributed by atoms with Crippen molar-refractivity contribution in [3.63, 3.8) is 0 Å². The third-order valence-electron chi connectivity index (χ3n) is 27.5. The number of carbonyl (C=O) groups is 6. The lowest BCUT2D eigenvalue weighted by Gasteiger charge is -2.60. The molecular weight excluding hydrogens is 968 g/mol. The van der Waals surface area contributed by atoms with Crippen molar-refractivity contribution in [3.05, 3.63) is 57.7 Å². The molecule has 13 aliphatic rings. The summed E-state index contributed by atoms with van der Waals surface area (Å²) in [7, 11) is 0. The SMILES string of the molecule is CC(=O)[C@@]1(C)CC[C@H]2[C@@H]3C=C(C)C4=CC(=O)CC[C@]4(C)[C@H]3CC[C@@]21C.CC(=O)[C@@]1(O)CC[C@H]2[C@@H]3C=C(Cl)C4=CC(=O)[C@@H]5C[C@@H]5[C@]4(C)[C@H]3CC[C@@]21C.CC(=O)[C@@]1(O)CC[C@H]2[C@@H]3C[C@H](C)C4=CC(=O)CC[C@]4(C)[C@H]3CC[C@@]21C. The Morgan fingerprint density at radius 2 is 1.05 bits per heavy atom. The summed E-state index contributed by atoms with van der Waals surface area (Å²) in [6.07, 6.45) is 27.2. The number of ketones is 6. The van der Waals surface area contributed by atoms with Gasteiger partial charge in [-0.3, -0.25) is 28.8 Å². The lowest BCUT2D eigenvalue weighted by Crippen LogP contribution is -2.57. The lowest BCUT2D eigenvalue weighted by atomic mass is 9.45. The highest BCUT2D eigenvalue weighted by molar-refractivity contribution is 6.32. The molecule has 8 saturated carbocycles. The van der Waals surface area contributed by atoms with Crippen molar-refractivity contribution >= 4 is 46.3 Å². The summed E-state index contributed by atoms with van der Waals surface area (Å²) >= 11 is 6.73. The van der Waals surface area contributed by atoms with Gasteiger partial charge in [0, 0.05) is 45.5 Å². The van der Waals surface area contributed by atoms with Gasteiger partial charge in [-0.25, -0.2) is 0 Å². The number of halogens is 1. The number of hydrogen-bond acceptors (Lipinski definition) is 8. The van der Waals surface area contributed by atoms with E-state index in [-0.39, 0.29) is 73.0 Å². The van der Waals surface area contributed by atoms with Gasteiger partial charge in [0.15, 0.2) is 28.9 Å². The fourth-order valence-corrected chi connectivity index (χ4v) is 22.8. The largest absolute Gasteiger partial charge is 0.382 e. The van der Waals surface area contributed by atoms with Crippen molar-refractivity contribution in [2.75, 3.05) is 0 Å². The van der Waals surface area contributed by atoms with E-state index >= 15 is 0 Å². The minimum absolute atomic E-state index is 0.0344. The monoisotopic (exact) mass is 1060 g/mol. The molecule has 414 valence electrons. The van der Waals surface area contributed by atoms with E-state index in [1.54, 1.807) is 13.8 Å². The summed E-state index contributed by atoms with van der Waals surface area (Å²) in [6.45, 7) is 25.4. The topological polar surface area (TPSA) is 143 Å². The highest BCUT2D eigenvalue weighted by Gasteiger charge is 2.70. The number of fused-ring (bicyclic) bond motifs is 17. The molecule has 9 heteroatoms. The number of aliphatic hydroxyl groups is 2. The summed E-state index contributed by atoms with van der Waals surface area (Å²) in [5.74, 6) is 6.52. The van der Waals surface area contributed by atoms with Crippen LogP contribution in [0.15, 0.2) is 57.7 Å². The molecule has 0 aromatic carbocycles. The van der Waals surface area contributed by atoms with E-state index < -0.39 is 11.2 Å². The molecular formula is C67H91ClO8. The Hall–Kier alpha value is -3.07. The van der Waals surface area contributed by atoms with Crippen LogP contribution in [0.25, 0.3) is 0 Å². The molecule has 0 aromatic rings. The van der Waals surface area contributed by atoms with Gasteiger partial charge < -0.3 is 10.2 Å². The Bertz CT molecular complexity index is 2760. The van der Waals surface area contributed by atoms with E-state index in [2.05, 4.69) is 74.5 Å². The van der Waals surface area contributed by atoms with E-state index in [9.17, 15) is 39.0 Å². The van der Waals surface area contributed by atoms with Gasteiger partial charge in [-0.15, -0.1) is 0 Å². The zero-order valence-corrected chi connectivity index (χ0v) is 49.0. The Balaban J connectivity index is 0.000000122. The third kappa shape index (κ3) is 7.17. The first-order valence-electron chi connectivity index (χ1n) is 30.2. The Morgan fingerprint density at radius 3 is 1.68 bits per heavy atom. The van der Waals surface area contributed by atoms with Gasteiger partial charge in [0.1, 0.15) is 17.0 Å². The molecule has 13 rings (SSSR count). The summed E-state index contributed by atoms with van der Waals surface area (Å²) in [4.78, 5) is 73.4. The second-order valence-electron chi connectivity index (χ2n) is 29.8. The Kier molecular flexibility index (Phi) is 12.8. The highest BCUT2D eigenvalue weighted by atomic mass is 35.5. The smallest absolute Gasteiger partial charge is 0.161 e. The van der Waals surface area contributed by atoms with Crippen molar-refractivity contribution in [2.45, 2.75) is 210 Å². The number of allylic oxidation sites excluding steroid dienone is 9. The second-order valence-corrected chi connectivity index (χ2v) is 30.2. The zero-order chi connectivity index (χ0) is 55.0. The van der Waals surface area contributed by atoms with Gasteiger partial charge in [-0.2, -0.15) is 0 Å². The van der Waals surface area contributed by atoms with Crippen LogP contribution in [0.2, 0.25) is 0 Å². The fourth-order valence-electron chi connectivity index (χ4n) is 22.4. The number of rotatable bonds is 3. The molecule has 0 unspecified atom stereocenters. The van der Waals surface area contributed by atoms with Crippen LogP contribution >= 0.6 is 11.6 Å². The van der Waals surface area contributed by atoms with Crippen LogP contribution in [-0.4, -0.2) is 56.1 Å². The molecule has 0 aromatic heterocycles. The van der Waals surface area contributed by atoms with Crippen LogP contribution < -0.4 is 0 Å². The standard InChI is InChI=1S/C23H32O2.C22H27ClO3.C22H32O3/c1-14-12-17-18(21(3)9-6-16(25)13-20(14)21)7-11-23(5)19(17)8-10-22(23,4)15(2)24;1-11(24)22(26)7-5-14-12-9-18(23)17-10-19(25)13-8-16(13)21(17,3)15(12)4-6-20(14,22)2;1-13-11-16-17(20(3)8-5-15(24)12-19(13)20)6-9-21(4)18(16)7-10-22(21,25)14(2)23/h12-13,17-19H,6-11H2,1-5H3;9-10,12-16,26H,4-8H2,1-3H3;12-13,16-18,25H,5-11H2,1-4H3/t17-,18+,19+,21-,22-,23+;12-,13+,14-,15-,16-,20-,21-,22-;13-,16+,17-,18-,20+,21-,22-/m100/s1. The molecule has 0 radical (unpaired) electrons. The van der Waals surface area contributed by atoms with Gasteiger partial charge in [0.25, 0.3) is 0 Å². The fraction of sp³-hybridized carbons (Fsp3) is 0.761. The molecule has 0 bridgehead atoms. The van der Waals surface area contributed by atoms with Crippen molar-refractivity contribution in [2.24, 2.45) is 109 Å². The molecule has 0 spiro atoms. The molecule has 0 heterocycles. The van der Waals surface area contributed by atoms with E-state index in [4.69, 9.17) is 11.6 Å². The van der Waals surface area contributed by atoms with Crippen molar-refractivity contribution in [3.8, 4) is 0 Å². The molecule has 8 fully saturated rings. The molecule has 0 saturated heterocycles. The first-order valence-corrected chi connectivity index (χ1v) is 30.6. The maximum Gasteiger partial charge on any atom is 0.161 e. The van der Waals surface area contributed by atoms with Crippen LogP contribution in [0, 0.1) is 109 Å². The molecule has 13 aliphatic carbocycles. The van der Waals surface area contributed by atoms with Crippen molar-refractivity contribution in [1.29, 1.82) is 0 Å². The predicted molar refractivity (Wildman–Crippen MR) is 296 cm³/mol. The third-order valence-corrected chi connectivity index (χ3v) is 27.8. The van der Waals surface area contributed by atoms with Gasteiger partial charge in [0.2, 0.25) is 0 Å². The maximum absolute atomic E-state index is 12.5. The Morgan fingerprint density at radius 1 is 0.539 bits per heavy atom. The number of Topliss-reactive ketones (excluding diaryl/α,β-unsaturated/α-hetero) is 3. The van der Waals surface area contributed by atoms with Crippen LogP contribution in [-0.2, 0) is 28.8 Å². The summed E-state index contributed by atoms with van der Waals surface area (Å²) in [5.41, 5.74) is 2.27. The minimum Gasteiger partial charge on any atom is -0.382 e. The normalized spacial score (nSPS) is 51.8. The summed E-state index contributed by atoms with van der Waals surface area (Å²) < 4.78 is 0. The van der Waals surface area contributed by atoms with Gasteiger partial charge in [-0.05, 0) is 241 Å². The second kappa shape index (κ2) is 17.7. The maximum atomic E-state index is 12.5. The van der Waals surface area contributed by atoms with E-state index in [0.717, 1.165) is 87.7 Å². The lowest BCUT2D eigenvalue weighted by molar-refractivity contribution is -0.161. The van der Waals surface area contributed by atoms with Crippen LogP contribution in [0.1, 0.15) is 199 Å². The van der Waals surface area contributed by atoms with Gasteiger partial charge in [0.05, 0.1) is 0 Å². The number of carbonyl (C=O) groups excluding carboxylic acids is 6. The van der Waals surface area contributed by atoms with Gasteiger partial charge in [-0.1, -0.05) is 90.3 Å². The molecule has 0 aliphatic heterocycles. The molecule has 0 amide bonds. The average Bonchev–Trinajstić information content (AvgIpc) is 4.14. The molecule has 21 atom stereocenters. The summed E-state index contributed by atoms with van der Waals surface area (Å²) in [5, 5.41) is 23.1. The van der Waals surface area contributed by atoms with Crippen molar-refractivity contribution in [1.82, 2.24) is 0 Å². The van der Waals surface area contributed by atoms with Crippen LogP contribution in [0.5, 0.6) is 0 Å². The highest BCUT2D eigenvalue weighted by Crippen LogP contribution is 2.74. The predicted octanol–water partition coefficient (Wildman–Crippen LogP) is 13.4. The average molecular weight is 1060 g/mol. The van der Waals surface area contributed by atoms with E-state index in [1.165, 1.54) is 36.5 Å². The van der Waals surface area contributed by atoms with Gasteiger partial charge >= 0.3 is 0 Å². The zero-order valence-electron chi connectivity index (χ0n) is 48.3. The van der Waals surface area contributed by atoms with E-state index in [1.807, 2.05) is 18.2 Å². The quantitative estimate of drug-likeness (QED) is 0.284. The van der Waals surface area contributed by atoms with E-state index in [0.29, 0.717) is 96.3 Å². The molecule has 76 heavy (non-hydrogen) atoms. The van der Waals surface area contributed by atoms with Crippen LogP contribution in [0.3, 0.4) is 0 Å². The first kappa shape index (κ1) is 54.9. The Labute approximate surface area is 459 Å². The summed E-state index contributed by atoms with van der Waals surface area (Å²) in [6, 6.07) is 0. The number of hydrogen-bond donors (Lipinski definition) is 2. The minimum atomic E-state index is -1.20. The first-order chi connectivity index (χ1) is 35.4. The van der Waals surface area contributed by atoms with Crippen LogP contribution in [0.4, 0.5) is 0 Å². The molecule has 8 nitrogen and oxygen atoms in total.